The van der Waals surface area contributed by atoms with E-state index in [4.69, 9.17) is 13.9 Å². The van der Waals surface area contributed by atoms with Crippen molar-refractivity contribution in [2.45, 2.75) is 20.4 Å². The van der Waals surface area contributed by atoms with Crippen LogP contribution in [0.2, 0.25) is 0 Å². The molecule has 0 saturated heterocycles. The van der Waals surface area contributed by atoms with E-state index < -0.39 is 5.97 Å². The molecule has 0 radical (unpaired) electrons. The molecule has 1 N–H and O–H groups in total. The molecule has 8 heteroatoms. The molecular weight excluding hydrogens is 460 g/mol. The Morgan fingerprint density at radius 1 is 1.06 bits per heavy atom. The third kappa shape index (κ3) is 5.38. The van der Waals surface area contributed by atoms with E-state index in [0.717, 1.165) is 5.56 Å². The molecular formula is C28H26N2O6. The monoisotopic (exact) mass is 486 g/mol. The van der Waals surface area contributed by atoms with E-state index in [1.54, 1.807) is 55.7 Å². The summed E-state index contributed by atoms with van der Waals surface area (Å²) in [6.07, 6.45) is 3.19. The first-order valence-electron chi connectivity index (χ1n) is 11.3. The quantitative estimate of drug-likeness (QED) is 0.379. The van der Waals surface area contributed by atoms with E-state index in [1.165, 1.54) is 12.0 Å². The predicted molar refractivity (Wildman–Crippen MR) is 134 cm³/mol. The van der Waals surface area contributed by atoms with E-state index >= 15 is 0 Å². The lowest BCUT2D eigenvalue weighted by Gasteiger charge is -2.18. The van der Waals surface area contributed by atoms with Crippen LogP contribution in [-0.2, 0) is 25.7 Å². The molecule has 1 aliphatic heterocycles. The molecule has 0 bridgehead atoms. The van der Waals surface area contributed by atoms with Crippen LogP contribution in [0.5, 0.6) is 5.75 Å². The van der Waals surface area contributed by atoms with Gasteiger partial charge in [0.2, 0.25) is 0 Å². The van der Waals surface area contributed by atoms with Crippen LogP contribution in [0.3, 0.4) is 0 Å². The van der Waals surface area contributed by atoms with Gasteiger partial charge in [0.15, 0.2) is 6.61 Å². The van der Waals surface area contributed by atoms with E-state index in [1.807, 2.05) is 31.2 Å². The maximum atomic E-state index is 13.4. The summed E-state index contributed by atoms with van der Waals surface area (Å²) in [6.45, 7) is 3.79. The number of aryl methyl sites for hydroxylation is 1. The minimum Gasteiger partial charge on any atom is -0.484 e. The van der Waals surface area contributed by atoms with Crippen molar-refractivity contribution < 1.29 is 28.3 Å². The smallest absolute Gasteiger partial charge is 0.340 e. The number of methoxy groups -OCH3 is 1. The average molecular weight is 487 g/mol. The Bertz CT molecular complexity index is 1340. The number of nitrogens with one attached hydrogen (secondary N) is 1. The maximum absolute atomic E-state index is 13.4. The van der Waals surface area contributed by atoms with Gasteiger partial charge in [-0.15, -0.1) is 0 Å². The topological polar surface area (TPSA) is 98.1 Å². The number of rotatable bonds is 8. The number of furan rings is 1. The van der Waals surface area contributed by atoms with Gasteiger partial charge >= 0.3 is 5.97 Å². The number of anilines is 1. The lowest BCUT2D eigenvalue weighted by molar-refractivity contribution is -0.136. The zero-order valence-corrected chi connectivity index (χ0v) is 20.2. The maximum Gasteiger partial charge on any atom is 0.340 e. The first-order valence-corrected chi connectivity index (χ1v) is 11.3. The summed E-state index contributed by atoms with van der Waals surface area (Å²) in [5, 5.41) is 2.71. The normalized spacial score (nSPS) is 14.4. The number of allylic oxidation sites excluding steroid dienone is 1. The zero-order chi connectivity index (χ0) is 25.7. The van der Waals surface area contributed by atoms with Crippen LogP contribution >= 0.6 is 0 Å². The van der Waals surface area contributed by atoms with E-state index in [2.05, 4.69) is 5.32 Å². The standard InChI is InChI=1S/C28H26N2O6/c1-18-6-4-7-21(14-18)30-19(2)26(28(33)34-3)24(27(30)32)15-20-9-11-22(12-10-20)36-17-25(31)29-16-23-8-5-13-35-23/h4-15H,16-17H2,1-3H3,(H,29,31)/b24-15-. The van der Waals surface area contributed by atoms with Crippen molar-refractivity contribution in [3.05, 3.63) is 101 Å². The van der Waals surface area contributed by atoms with Gasteiger partial charge in [-0.05, 0) is 67.4 Å². The molecule has 1 aromatic heterocycles. The van der Waals surface area contributed by atoms with Gasteiger partial charge in [0, 0.05) is 11.4 Å². The Kier molecular flexibility index (Phi) is 7.34. The Labute approximate surface area is 208 Å². The van der Waals surface area contributed by atoms with Crippen LogP contribution in [0.15, 0.2) is 88.2 Å². The summed E-state index contributed by atoms with van der Waals surface area (Å²) in [4.78, 5) is 39.5. The SMILES string of the molecule is COC(=O)C1=C(C)N(c2cccc(C)c2)C(=O)/C1=C\c1ccc(OCC(=O)NCc2ccco2)cc1. The number of carbonyl (C=O) groups is 3. The van der Waals surface area contributed by atoms with E-state index in [-0.39, 0.29) is 36.1 Å². The second kappa shape index (κ2) is 10.8. The Balaban J connectivity index is 1.49. The summed E-state index contributed by atoms with van der Waals surface area (Å²) in [5.41, 5.74) is 3.33. The van der Waals surface area contributed by atoms with Crippen LogP contribution in [0.25, 0.3) is 6.08 Å². The molecule has 0 atom stereocenters. The minimum atomic E-state index is -0.581. The summed E-state index contributed by atoms with van der Waals surface area (Å²) in [7, 11) is 1.29. The molecule has 0 saturated carbocycles. The van der Waals surface area contributed by atoms with Crippen LogP contribution < -0.4 is 15.0 Å². The molecule has 1 aliphatic rings. The fraction of sp³-hybridized carbons (Fsp3) is 0.179. The molecule has 4 rings (SSSR count). The second-order valence-electron chi connectivity index (χ2n) is 8.20. The molecule has 0 unspecified atom stereocenters. The molecule has 2 aromatic carbocycles. The van der Waals surface area contributed by atoms with Crippen molar-refractivity contribution in [2.24, 2.45) is 0 Å². The fourth-order valence-electron chi connectivity index (χ4n) is 3.88. The van der Waals surface area contributed by atoms with Crippen molar-refractivity contribution in [2.75, 3.05) is 18.6 Å². The number of nitrogens with zero attached hydrogens (tertiary/aromatic N) is 1. The third-order valence-corrected chi connectivity index (χ3v) is 5.65. The van der Waals surface area contributed by atoms with Gasteiger partial charge in [-0.1, -0.05) is 24.3 Å². The summed E-state index contributed by atoms with van der Waals surface area (Å²) >= 11 is 0. The Morgan fingerprint density at radius 2 is 1.83 bits per heavy atom. The number of amides is 2. The van der Waals surface area contributed by atoms with Gasteiger partial charge in [-0.3, -0.25) is 14.5 Å². The summed E-state index contributed by atoms with van der Waals surface area (Å²) < 4.78 is 15.7. The number of hydrogen-bond acceptors (Lipinski definition) is 6. The van der Waals surface area contributed by atoms with Crippen LogP contribution in [-0.4, -0.2) is 31.5 Å². The highest BCUT2D eigenvalue weighted by molar-refractivity contribution is 6.23. The number of benzene rings is 2. The average Bonchev–Trinajstić information content (AvgIpc) is 3.48. The Hall–Kier alpha value is -4.59. The van der Waals surface area contributed by atoms with Crippen molar-refractivity contribution in [1.82, 2.24) is 5.32 Å². The number of esters is 1. The van der Waals surface area contributed by atoms with Crippen molar-refractivity contribution in [3.8, 4) is 5.75 Å². The van der Waals surface area contributed by atoms with Gasteiger partial charge in [0.05, 0.1) is 31.1 Å². The van der Waals surface area contributed by atoms with Crippen LogP contribution in [0.1, 0.15) is 23.8 Å². The highest BCUT2D eigenvalue weighted by Crippen LogP contribution is 2.35. The zero-order valence-electron chi connectivity index (χ0n) is 20.2. The van der Waals surface area contributed by atoms with Crippen LogP contribution in [0.4, 0.5) is 5.69 Å². The second-order valence-corrected chi connectivity index (χ2v) is 8.20. The molecule has 184 valence electrons. The molecule has 8 nitrogen and oxygen atoms in total. The minimum absolute atomic E-state index is 0.153. The Morgan fingerprint density at radius 3 is 2.50 bits per heavy atom. The first kappa shape index (κ1) is 24.5. The third-order valence-electron chi connectivity index (χ3n) is 5.65. The molecule has 3 aromatic rings. The van der Waals surface area contributed by atoms with Gasteiger partial charge < -0.3 is 19.2 Å². The van der Waals surface area contributed by atoms with Gasteiger partial charge in [0.25, 0.3) is 11.8 Å². The summed E-state index contributed by atoms with van der Waals surface area (Å²) in [6, 6.07) is 17.9. The molecule has 0 spiro atoms. The van der Waals surface area contributed by atoms with Gasteiger partial charge in [0.1, 0.15) is 11.5 Å². The lowest BCUT2D eigenvalue weighted by Crippen LogP contribution is -2.28. The van der Waals surface area contributed by atoms with E-state index in [0.29, 0.717) is 28.5 Å². The molecule has 0 fully saturated rings. The predicted octanol–water partition coefficient (Wildman–Crippen LogP) is 4.16. The van der Waals surface area contributed by atoms with Crippen LogP contribution in [0, 0.1) is 6.92 Å². The van der Waals surface area contributed by atoms with Crippen molar-refractivity contribution in [1.29, 1.82) is 0 Å². The van der Waals surface area contributed by atoms with Crippen molar-refractivity contribution >= 4 is 29.5 Å². The molecule has 2 heterocycles. The van der Waals surface area contributed by atoms with Gasteiger partial charge in [-0.25, -0.2) is 4.79 Å². The number of ether oxygens (including phenoxy) is 2. The number of carbonyl (C=O) groups excluding carboxylic acids is 3. The van der Waals surface area contributed by atoms with Crippen molar-refractivity contribution in [3.63, 3.8) is 0 Å². The molecule has 2 amide bonds. The lowest BCUT2D eigenvalue weighted by atomic mass is 10.0. The highest BCUT2D eigenvalue weighted by Gasteiger charge is 2.37. The summed E-state index contributed by atoms with van der Waals surface area (Å²) in [5.74, 6) is -0.0355. The van der Waals surface area contributed by atoms with E-state index in [9.17, 15) is 14.4 Å². The molecule has 0 aliphatic carbocycles. The first-order chi connectivity index (χ1) is 17.4. The fourth-order valence-corrected chi connectivity index (χ4v) is 3.88. The largest absolute Gasteiger partial charge is 0.484 e. The molecule has 36 heavy (non-hydrogen) atoms. The number of hydrogen-bond donors (Lipinski definition) is 1. The van der Waals surface area contributed by atoms with Gasteiger partial charge in [-0.2, -0.15) is 0 Å². The highest BCUT2D eigenvalue weighted by atomic mass is 16.5.